The number of amides is 1. The zero-order chi connectivity index (χ0) is 12.1. The molecule has 2 aliphatic rings. The maximum absolute atomic E-state index is 12.0. The highest BCUT2D eigenvalue weighted by Crippen LogP contribution is 2.15. The number of aliphatic hydroxyl groups excluding tert-OH is 1. The third-order valence-corrected chi connectivity index (χ3v) is 3.58. The molecule has 2 aliphatic heterocycles. The summed E-state index contributed by atoms with van der Waals surface area (Å²) in [5, 5.41) is 9.15. The van der Waals surface area contributed by atoms with Gasteiger partial charge in [0, 0.05) is 26.2 Å². The van der Waals surface area contributed by atoms with Crippen LogP contribution in [0.3, 0.4) is 0 Å². The monoisotopic (exact) mass is 242 g/mol. The van der Waals surface area contributed by atoms with Crippen LogP contribution < -0.4 is 0 Å². The van der Waals surface area contributed by atoms with E-state index >= 15 is 0 Å². The first-order valence-corrected chi connectivity index (χ1v) is 6.48. The quantitative estimate of drug-likeness (QED) is 0.728. The molecule has 0 bridgehead atoms. The number of piperidine rings is 1. The van der Waals surface area contributed by atoms with E-state index in [0.717, 1.165) is 39.0 Å². The second-order valence-electron chi connectivity index (χ2n) is 4.92. The van der Waals surface area contributed by atoms with Gasteiger partial charge in [-0.25, -0.2) is 0 Å². The summed E-state index contributed by atoms with van der Waals surface area (Å²) >= 11 is 0. The second kappa shape index (κ2) is 6.33. The van der Waals surface area contributed by atoms with Crippen molar-refractivity contribution in [2.24, 2.45) is 5.92 Å². The summed E-state index contributed by atoms with van der Waals surface area (Å²) in [5.41, 5.74) is 0. The zero-order valence-corrected chi connectivity index (χ0v) is 10.3. The zero-order valence-electron chi connectivity index (χ0n) is 10.3. The summed E-state index contributed by atoms with van der Waals surface area (Å²) < 4.78 is 5.23. The summed E-state index contributed by atoms with van der Waals surface area (Å²) in [5.74, 6) is 0.549. The van der Waals surface area contributed by atoms with Crippen molar-refractivity contribution >= 4 is 5.91 Å². The lowest BCUT2D eigenvalue weighted by molar-refractivity contribution is -0.137. The van der Waals surface area contributed by atoms with E-state index in [2.05, 4.69) is 4.90 Å². The van der Waals surface area contributed by atoms with Crippen LogP contribution in [-0.4, -0.2) is 73.4 Å². The average molecular weight is 242 g/mol. The van der Waals surface area contributed by atoms with Gasteiger partial charge in [-0.15, -0.1) is 0 Å². The van der Waals surface area contributed by atoms with Crippen LogP contribution >= 0.6 is 0 Å². The number of ether oxygens (including phenoxy) is 1. The molecule has 0 aromatic heterocycles. The molecule has 2 rings (SSSR count). The van der Waals surface area contributed by atoms with Crippen molar-refractivity contribution in [1.29, 1.82) is 0 Å². The molecule has 98 valence electrons. The first kappa shape index (κ1) is 12.8. The van der Waals surface area contributed by atoms with Gasteiger partial charge >= 0.3 is 0 Å². The van der Waals surface area contributed by atoms with Crippen LogP contribution in [0.15, 0.2) is 0 Å². The Balaban J connectivity index is 1.77. The highest BCUT2D eigenvalue weighted by Gasteiger charge is 2.24. The molecule has 1 atom stereocenters. The Morgan fingerprint density at radius 3 is 2.76 bits per heavy atom. The normalized spacial score (nSPS) is 27.1. The molecule has 1 N–H and O–H groups in total. The largest absolute Gasteiger partial charge is 0.396 e. The van der Waals surface area contributed by atoms with Gasteiger partial charge in [0.05, 0.1) is 19.8 Å². The molecule has 0 radical (unpaired) electrons. The summed E-state index contributed by atoms with van der Waals surface area (Å²) in [6.45, 7) is 5.32. The molecule has 1 amide bonds. The van der Waals surface area contributed by atoms with Gasteiger partial charge in [0.2, 0.25) is 5.91 Å². The number of nitrogens with zero attached hydrogens (tertiary/aromatic N) is 2. The lowest BCUT2D eigenvalue weighted by Crippen LogP contribution is -2.48. The lowest BCUT2D eigenvalue weighted by Gasteiger charge is -2.34. The Bertz CT molecular complexity index is 254. The van der Waals surface area contributed by atoms with Crippen LogP contribution in [0.1, 0.15) is 12.8 Å². The van der Waals surface area contributed by atoms with Crippen LogP contribution in [0.5, 0.6) is 0 Å². The van der Waals surface area contributed by atoms with Crippen LogP contribution in [0.25, 0.3) is 0 Å². The number of hydrogen-bond acceptors (Lipinski definition) is 4. The predicted molar refractivity (Wildman–Crippen MR) is 63.6 cm³/mol. The first-order chi connectivity index (χ1) is 8.29. The summed E-state index contributed by atoms with van der Waals surface area (Å²) in [6.07, 6.45) is 2.17. The fraction of sp³-hybridized carbons (Fsp3) is 0.917. The highest BCUT2D eigenvalue weighted by atomic mass is 16.5. The van der Waals surface area contributed by atoms with Crippen molar-refractivity contribution in [2.45, 2.75) is 12.8 Å². The van der Waals surface area contributed by atoms with Crippen molar-refractivity contribution in [3.8, 4) is 0 Å². The molecule has 17 heavy (non-hydrogen) atoms. The van der Waals surface area contributed by atoms with E-state index in [0.29, 0.717) is 25.7 Å². The van der Waals surface area contributed by atoms with Crippen molar-refractivity contribution < 1.29 is 14.6 Å². The average Bonchev–Trinajstić information content (AvgIpc) is 2.40. The van der Waals surface area contributed by atoms with Crippen molar-refractivity contribution in [1.82, 2.24) is 9.80 Å². The minimum Gasteiger partial charge on any atom is -0.396 e. The van der Waals surface area contributed by atoms with E-state index in [4.69, 9.17) is 9.84 Å². The number of rotatable bonds is 3. The van der Waals surface area contributed by atoms with Gasteiger partial charge in [0.15, 0.2) is 0 Å². The molecule has 0 aromatic rings. The molecule has 2 saturated heterocycles. The maximum atomic E-state index is 12.0. The SMILES string of the molecule is O=C(CN1CCC[C@@H](CO)C1)N1CCOCC1. The Morgan fingerprint density at radius 1 is 1.29 bits per heavy atom. The molecular formula is C12H22N2O3. The molecule has 2 heterocycles. The molecular weight excluding hydrogens is 220 g/mol. The number of aliphatic hydroxyl groups is 1. The Kier molecular flexibility index (Phi) is 4.76. The number of hydrogen-bond donors (Lipinski definition) is 1. The smallest absolute Gasteiger partial charge is 0.236 e. The molecule has 0 unspecified atom stereocenters. The van der Waals surface area contributed by atoms with Crippen LogP contribution in [0, 0.1) is 5.92 Å². The van der Waals surface area contributed by atoms with Crippen molar-refractivity contribution in [2.75, 3.05) is 52.5 Å². The number of morpholine rings is 1. The Morgan fingerprint density at radius 2 is 2.06 bits per heavy atom. The fourth-order valence-corrected chi connectivity index (χ4v) is 2.55. The minimum atomic E-state index is 0.201. The Hall–Kier alpha value is -0.650. The molecule has 2 fully saturated rings. The van der Waals surface area contributed by atoms with Crippen LogP contribution in [-0.2, 0) is 9.53 Å². The summed E-state index contributed by atoms with van der Waals surface area (Å²) in [7, 11) is 0. The first-order valence-electron chi connectivity index (χ1n) is 6.48. The van der Waals surface area contributed by atoms with E-state index in [9.17, 15) is 4.79 Å². The molecule has 0 spiro atoms. The third-order valence-electron chi connectivity index (χ3n) is 3.58. The highest BCUT2D eigenvalue weighted by molar-refractivity contribution is 5.78. The fourth-order valence-electron chi connectivity index (χ4n) is 2.55. The van der Waals surface area contributed by atoms with Gasteiger partial charge in [0.1, 0.15) is 0 Å². The summed E-state index contributed by atoms with van der Waals surface area (Å²) in [4.78, 5) is 16.1. The second-order valence-corrected chi connectivity index (χ2v) is 4.92. The van der Waals surface area contributed by atoms with Gasteiger partial charge in [-0.3, -0.25) is 9.69 Å². The number of carbonyl (C=O) groups is 1. The summed E-state index contributed by atoms with van der Waals surface area (Å²) in [6, 6.07) is 0. The van der Waals surface area contributed by atoms with Crippen molar-refractivity contribution in [3.05, 3.63) is 0 Å². The lowest BCUT2D eigenvalue weighted by atomic mass is 9.99. The molecule has 0 aromatic carbocycles. The van der Waals surface area contributed by atoms with Gasteiger partial charge in [-0.05, 0) is 25.3 Å². The van der Waals surface area contributed by atoms with Gasteiger partial charge in [-0.1, -0.05) is 0 Å². The van der Waals surface area contributed by atoms with Gasteiger partial charge in [0.25, 0.3) is 0 Å². The van der Waals surface area contributed by atoms with E-state index < -0.39 is 0 Å². The van der Waals surface area contributed by atoms with Gasteiger partial charge < -0.3 is 14.7 Å². The molecule has 0 aliphatic carbocycles. The third kappa shape index (κ3) is 3.66. The molecule has 5 heteroatoms. The number of carbonyl (C=O) groups excluding carboxylic acids is 1. The predicted octanol–water partition coefficient (Wildman–Crippen LogP) is -0.450. The number of likely N-dealkylation sites (tertiary alicyclic amines) is 1. The topological polar surface area (TPSA) is 53.0 Å². The van der Waals surface area contributed by atoms with E-state index in [1.807, 2.05) is 4.90 Å². The van der Waals surface area contributed by atoms with Crippen LogP contribution in [0.2, 0.25) is 0 Å². The molecule has 5 nitrogen and oxygen atoms in total. The maximum Gasteiger partial charge on any atom is 0.236 e. The van der Waals surface area contributed by atoms with Gasteiger partial charge in [-0.2, -0.15) is 0 Å². The van der Waals surface area contributed by atoms with E-state index in [1.165, 1.54) is 0 Å². The minimum absolute atomic E-state index is 0.201. The van der Waals surface area contributed by atoms with E-state index in [1.54, 1.807) is 0 Å². The van der Waals surface area contributed by atoms with Crippen LogP contribution in [0.4, 0.5) is 0 Å². The standard InChI is InChI=1S/C12H22N2O3/c15-10-11-2-1-3-13(8-11)9-12(16)14-4-6-17-7-5-14/h11,15H,1-10H2/t11-/m1/s1. The Labute approximate surface area is 102 Å². The van der Waals surface area contributed by atoms with Crippen molar-refractivity contribution in [3.63, 3.8) is 0 Å². The van der Waals surface area contributed by atoms with E-state index in [-0.39, 0.29) is 12.5 Å². The molecule has 0 saturated carbocycles.